The number of amides is 3. The first-order valence-corrected chi connectivity index (χ1v) is 8.98. The van der Waals surface area contributed by atoms with Crippen LogP contribution in [0.4, 0.5) is 10.6 Å². The zero-order chi connectivity index (χ0) is 20.5. The molecule has 1 aromatic heterocycles. The molecule has 9 nitrogen and oxygen atoms in total. The number of carbonyl (C=O) groups is 2. The molecule has 2 aromatic rings. The zero-order valence-electron chi connectivity index (χ0n) is 16.5. The lowest BCUT2D eigenvalue weighted by Crippen LogP contribution is -2.48. The summed E-state index contributed by atoms with van der Waals surface area (Å²) < 4.78 is 10.5. The van der Waals surface area contributed by atoms with Crippen LogP contribution in [0.5, 0.6) is 11.5 Å². The van der Waals surface area contributed by atoms with E-state index in [1.165, 1.54) is 6.20 Å². The highest BCUT2D eigenvalue weighted by atomic mass is 16.5. The lowest BCUT2D eigenvalue weighted by molar-refractivity contribution is -0.118. The molecule has 9 heteroatoms. The molecule has 0 aliphatic rings. The minimum Gasteiger partial charge on any atom is -0.493 e. The number of carbonyl (C=O) groups excluding carboxylic acids is 2. The first kappa shape index (κ1) is 21.1. The van der Waals surface area contributed by atoms with E-state index in [1.54, 1.807) is 32.4 Å². The van der Waals surface area contributed by atoms with E-state index >= 15 is 0 Å². The summed E-state index contributed by atoms with van der Waals surface area (Å²) in [7, 11) is 3.11. The summed E-state index contributed by atoms with van der Waals surface area (Å²) in [5.74, 6) is 1.59. The molecule has 2 rings (SSSR count). The molecule has 0 saturated carbocycles. The summed E-state index contributed by atoms with van der Waals surface area (Å²) in [6.45, 7) is 4.25. The number of methoxy groups -OCH3 is 2. The van der Waals surface area contributed by atoms with E-state index in [0.717, 1.165) is 5.56 Å². The predicted molar refractivity (Wildman–Crippen MR) is 105 cm³/mol. The highest BCUT2D eigenvalue weighted by Crippen LogP contribution is 2.27. The van der Waals surface area contributed by atoms with Gasteiger partial charge in [0.05, 0.1) is 20.4 Å². The monoisotopic (exact) mass is 389 g/mol. The van der Waals surface area contributed by atoms with E-state index in [2.05, 4.69) is 26.1 Å². The lowest BCUT2D eigenvalue weighted by atomic mass is 10.0. The topological polar surface area (TPSA) is 117 Å². The smallest absolute Gasteiger partial charge is 0.315 e. The van der Waals surface area contributed by atoms with Crippen molar-refractivity contribution in [2.24, 2.45) is 5.92 Å². The van der Waals surface area contributed by atoms with Gasteiger partial charge in [-0.2, -0.15) is 5.10 Å². The van der Waals surface area contributed by atoms with Crippen molar-refractivity contribution in [3.63, 3.8) is 0 Å². The fourth-order valence-corrected chi connectivity index (χ4v) is 2.63. The number of hydrogen-bond donors (Lipinski definition) is 4. The van der Waals surface area contributed by atoms with Gasteiger partial charge in [0.2, 0.25) is 5.91 Å². The molecule has 0 radical (unpaired) electrons. The number of aromatic nitrogens is 2. The molecular formula is C19H27N5O4. The Labute approximate surface area is 164 Å². The molecule has 3 amide bonds. The Kier molecular flexibility index (Phi) is 7.67. The second-order valence-corrected chi connectivity index (χ2v) is 6.66. The van der Waals surface area contributed by atoms with Gasteiger partial charge in [-0.05, 0) is 30.0 Å². The SMILES string of the molecule is COc1ccc(CNC(=O)NC(CC(C)C)C(=O)Nc2ccn[nH]2)cc1OC. The van der Waals surface area contributed by atoms with E-state index in [1.807, 2.05) is 19.9 Å². The van der Waals surface area contributed by atoms with Crippen molar-refractivity contribution < 1.29 is 19.1 Å². The van der Waals surface area contributed by atoms with Crippen molar-refractivity contribution in [2.45, 2.75) is 32.9 Å². The van der Waals surface area contributed by atoms with Crippen LogP contribution in [0, 0.1) is 5.92 Å². The molecule has 0 fully saturated rings. The minimum absolute atomic E-state index is 0.226. The van der Waals surface area contributed by atoms with Gasteiger partial charge in [0.25, 0.3) is 0 Å². The van der Waals surface area contributed by atoms with Crippen LogP contribution < -0.4 is 25.4 Å². The van der Waals surface area contributed by atoms with Gasteiger partial charge in [-0.15, -0.1) is 0 Å². The third kappa shape index (κ3) is 6.19. The summed E-state index contributed by atoms with van der Waals surface area (Å²) >= 11 is 0. The molecule has 1 atom stereocenters. The number of H-pyrrole nitrogens is 1. The van der Waals surface area contributed by atoms with Crippen LogP contribution >= 0.6 is 0 Å². The number of benzene rings is 1. The fourth-order valence-electron chi connectivity index (χ4n) is 2.63. The highest BCUT2D eigenvalue weighted by Gasteiger charge is 2.22. The first-order chi connectivity index (χ1) is 13.4. The number of urea groups is 1. The summed E-state index contributed by atoms with van der Waals surface area (Å²) in [6.07, 6.45) is 2.04. The normalized spacial score (nSPS) is 11.6. The molecular weight excluding hydrogens is 362 g/mol. The van der Waals surface area contributed by atoms with Gasteiger partial charge in [-0.3, -0.25) is 9.89 Å². The van der Waals surface area contributed by atoms with E-state index in [9.17, 15) is 9.59 Å². The summed E-state index contributed by atoms with van der Waals surface area (Å²) in [5.41, 5.74) is 0.843. The Morgan fingerprint density at radius 3 is 2.50 bits per heavy atom. The standard InChI is InChI=1S/C19H27N5O4/c1-12(2)9-14(18(25)23-17-7-8-21-24-17)22-19(26)20-11-13-5-6-15(27-3)16(10-13)28-4/h5-8,10,12,14H,9,11H2,1-4H3,(H2,20,22,26)(H2,21,23,24,25). The molecule has 1 heterocycles. The molecule has 1 aromatic carbocycles. The maximum absolute atomic E-state index is 12.5. The molecule has 1 unspecified atom stereocenters. The van der Waals surface area contributed by atoms with Gasteiger partial charge in [0.15, 0.2) is 11.5 Å². The number of ether oxygens (including phenoxy) is 2. The third-order valence-corrected chi connectivity index (χ3v) is 3.99. The first-order valence-electron chi connectivity index (χ1n) is 8.98. The van der Waals surface area contributed by atoms with Crippen molar-refractivity contribution in [3.8, 4) is 11.5 Å². The Morgan fingerprint density at radius 1 is 1.14 bits per heavy atom. The number of hydrogen-bond acceptors (Lipinski definition) is 5. The Balaban J connectivity index is 1.94. The third-order valence-electron chi connectivity index (χ3n) is 3.99. The number of anilines is 1. The average molecular weight is 389 g/mol. The van der Waals surface area contributed by atoms with Crippen molar-refractivity contribution in [1.82, 2.24) is 20.8 Å². The Hall–Kier alpha value is -3.23. The van der Waals surface area contributed by atoms with Gasteiger partial charge in [-0.25, -0.2) is 4.79 Å². The van der Waals surface area contributed by atoms with Crippen LogP contribution in [0.2, 0.25) is 0 Å². The van der Waals surface area contributed by atoms with Crippen molar-refractivity contribution >= 4 is 17.8 Å². The Bertz CT molecular complexity index is 777. The quantitative estimate of drug-likeness (QED) is 0.525. The van der Waals surface area contributed by atoms with Gasteiger partial charge >= 0.3 is 6.03 Å². The van der Waals surface area contributed by atoms with Crippen molar-refractivity contribution in [1.29, 1.82) is 0 Å². The summed E-state index contributed by atoms with van der Waals surface area (Å²) in [5, 5.41) is 14.6. The van der Waals surface area contributed by atoms with E-state index < -0.39 is 12.1 Å². The molecule has 4 N–H and O–H groups in total. The molecule has 28 heavy (non-hydrogen) atoms. The molecule has 0 saturated heterocycles. The van der Waals surface area contributed by atoms with Gasteiger partial charge < -0.3 is 25.4 Å². The maximum Gasteiger partial charge on any atom is 0.315 e. The van der Waals surface area contributed by atoms with Crippen LogP contribution in [0.15, 0.2) is 30.5 Å². The number of nitrogens with zero attached hydrogens (tertiary/aromatic N) is 1. The van der Waals surface area contributed by atoms with E-state index in [-0.39, 0.29) is 18.4 Å². The van der Waals surface area contributed by atoms with Crippen LogP contribution in [-0.4, -0.2) is 42.4 Å². The minimum atomic E-state index is -0.672. The van der Waals surface area contributed by atoms with Crippen LogP contribution in [0.3, 0.4) is 0 Å². The van der Waals surface area contributed by atoms with Crippen LogP contribution in [0.1, 0.15) is 25.8 Å². The Morgan fingerprint density at radius 2 is 1.89 bits per heavy atom. The number of aromatic amines is 1. The second-order valence-electron chi connectivity index (χ2n) is 6.66. The number of rotatable bonds is 9. The molecule has 0 spiro atoms. The molecule has 0 aliphatic heterocycles. The van der Waals surface area contributed by atoms with Crippen LogP contribution in [-0.2, 0) is 11.3 Å². The zero-order valence-corrected chi connectivity index (χ0v) is 16.5. The van der Waals surface area contributed by atoms with Gasteiger partial charge in [0, 0.05) is 12.6 Å². The highest BCUT2D eigenvalue weighted by molar-refractivity contribution is 5.96. The summed E-state index contributed by atoms with van der Waals surface area (Å²) in [6, 6.07) is 5.93. The fraction of sp³-hybridized carbons (Fsp3) is 0.421. The molecule has 0 bridgehead atoms. The van der Waals surface area contributed by atoms with E-state index in [4.69, 9.17) is 9.47 Å². The lowest BCUT2D eigenvalue weighted by Gasteiger charge is -2.20. The average Bonchev–Trinajstić information content (AvgIpc) is 3.18. The largest absolute Gasteiger partial charge is 0.493 e. The van der Waals surface area contributed by atoms with Gasteiger partial charge in [0.1, 0.15) is 11.9 Å². The van der Waals surface area contributed by atoms with Crippen molar-refractivity contribution in [2.75, 3.05) is 19.5 Å². The second kappa shape index (κ2) is 10.2. The molecule has 0 aliphatic carbocycles. The van der Waals surface area contributed by atoms with Crippen LogP contribution in [0.25, 0.3) is 0 Å². The van der Waals surface area contributed by atoms with Gasteiger partial charge in [-0.1, -0.05) is 19.9 Å². The maximum atomic E-state index is 12.5. The molecule has 152 valence electrons. The summed E-state index contributed by atoms with van der Waals surface area (Å²) in [4.78, 5) is 24.8. The predicted octanol–water partition coefficient (Wildman–Crippen LogP) is 2.28. The number of nitrogens with one attached hydrogen (secondary N) is 4. The van der Waals surface area contributed by atoms with Crippen molar-refractivity contribution in [3.05, 3.63) is 36.0 Å². The van der Waals surface area contributed by atoms with E-state index in [0.29, 0.717) is 23.7 Å².